The minimum Gasteiger partial charge on any atom is -0.481 e. The van der Waals surface area contributed by atoms with E-state index in [4.69, 9.17) is 4.74 Å². The number of aromatic nitrogens is 2. The van der Waals surface area contributed by atoms with Gasteiger partial charge in [-0.1, -0.05) is 27.2 Å². The first kappa shape index (κ1) is 16.0. The van der Waals surface area contributed by atoms with Crippen LogP contribution in [0.2, 0.25) is 0 Å². The number of rotatable bonds is 8. The summed E-state index contributed by atoms with van der Waals surface area (Å²) in [4.78, 5) is 0. The van der Waals surface area contributed by atoms with Gasteiger partial charge in [0.2, 0.25) is 5.88 Å². The number of hydrogen-bond donors (Lipinski definition) is 2. The average molecular weight is 269 g/mol. The molecular weight excluding hydrogens is 242 g/mol. The molecule has 0 fully saturated rings. The van der Waals surface area contributed by atoms with E-state index in [2.05, 4.69) is 31.2 Å². The van der Waals surface area contributed by atoms with Crippen LogP contribution in [0.3, 0.4) is 0 Å². The lowest BCUT2D eigenvalue weighted by atomic mass is 10.0. The molecule has 0 bridgehead atoms. The van der Waals surface area contributed by atoms with Gasteiger partial charge in [-0.2, -0.15) is 5.10 Å². The molecule has 0 radical (unpaired) electrons. The molecule has 0 saturated carbocycles. The fourth-order valence-corrected chi connectivity index (χ4v) is 2.14. The molecule has 0 aliphatic carbocycles. The maximum absolute atomic E-state index is 9.94. The van der Waals surface area contributed by atoms with Crippen molar-refractivity contribution in [2.24, 2.45) is 13.0 Å². The van der Waals surface area contributed by atoms with E-state index in [1.54, 1.807) is 11.8 Å². The lowest BCUT2D eigenvalue weighted by molar-refractivity contribution is 0.112. The first-order valence-electron chi connectivity index (χ1n) is 7.02. The Kier molecular flexibility index (Phi) is 6.31. The molecule has 0 aliphatic heterocycles. The fourth-order valence-electron chi connectivity index (χ4n) is 2.14. The third kappa shape index (κ3) is 3.94. The van der Waals surface area contributed by atoms with Gasteiger partial charge >= 0.3 is 0 Å². The predicted octanol–water partition coefficient (Wildman–Crippen LogP) is 1.49. The molecule has 5 nitrogen and oxygen atoms in total. The predicted molar refractivity (Wildman–Crippen MR) is 76.3 cm³/mol. The average Bonchev–Trinajstić information content (AvgIpc) is 2.73. The van der Waals surface area contributed by atoms with Crippen LogP contribution in [0, 0.1) is 5.92 Å². The van der Waals surface area contributed by atoms with Gasteiger partial charge in [0, 0.05) is 20.1 Å². The number of nitrogens with zero attached hydrogens (tertiary/aromatic N) is 2. The highest BCUT2D eigenvalue weighted by molar-refractivity contribution is 5.31. The molecule has 2 N–H and O–H groups in total. The molecule has 1 rings (SSSR count). The van der Waals surface area contributed by atoms with Gasteiger partial charge in [0.05, 0.1) is 24.5 Å². The highest BCUT2D eigenvalue weighted by Crippen LogP contribution is 2.21. The topological polar surface area (TPSA) is 59.3 Å². The number of ether oxygens (including phenoxy) is 1. The molecule has 5 heteroatoms. The van der Waals surface area contributed by atoms with Gasteiger partial charge in [0.1, 0.15) is 0 Å². The van der Waals surface area contributed by atoms with E-state index in [0.29, 0.717) is 19.0 Å². The summed E-state index contributed by atoms with van der Waals surface area (Å²) < 4.78 is 7.15. The van der Waals surface area contributed by atoms with Crippen LogP contribution in [0.1, 0.15) is 38.4 Å². The number of aliphatic hydroxyl groups excluding tert-OH is 1. The largest absolute Gasteiger partial charge is 0.481 e. The van der Waals surface area contributed by atoms with E-state index >= 15 is 0 Å². The third-order valence-corrected chi connectivity index (χ3v) is 3.66. The molecule has 1 aromatic rings. The highest BCUT2D eigenvalue weighted by Gasteiger charge is 2.16. The summed E-state index contributed by atoms with van der Waals surface area (Å²) >= 11 is 0. The summed E-state index contributed by atoms with van der Waals surface area (Å²) in [6.45, 7) is 7.50. The Balaban J connectivity index is 2.62. The van der Waals surface area contributed by atoms with Crippen molar-refractivity contribution >= 4 is 0 Å². The van der Waals surface area contributed by atoms with Crippen molar-refractivity contribution < 1.29 is 9.84 Å². The van der Waals surface area contributed by atoms with Crippen LogP contribution in [0.4, 0.5) is 0 Å². The van der Waals surface area contributed by atoms with Crippen LogP contribution in [-0.2, 0) is 20.0 Å². The standard InChI is InChI=1S/C14H27N3O2/c1-6-10(3)13(18)9-15-8-11-12(7-2)16-17(4)14(11)19-5/h10,13,15,18H,6-9H2,1-5H3. The summed E-state index contributed by atoms with van der Waals surface area (Å²) in [5, 5.41) is 17.7. The summed E-state index contributed by atoms with van der Waals surface area (Å²) in [6, 6.07) is 0. The van der Waals surface area contributed by atoms with Crippen LogP contribution in [0.5, 0.6) is 5.88 Å². The Morgan fingerprint density at radius 2 is 2.11 bits per heavy atom. The quantitative estimate of drug-likeness (QED) is 0.750. The first-order valence-corrected chi connectivity index (χ1v) is 7.02. The van der Waals surface area contributed by atoms with Crippen molar-refractivity contribution in [2.45, 2.75) is 46.3 Å². The maximum Gasteiger partial charge on any atom is 0.216 e. The van der Waals surface area contributed by atoms with E-state index in [1.165, 1.54) is 0 Å². The Morgan fingerprint density at radius 1 is 1.42 bits per heavy atom. The van der Waals surface area contributed by atoms with Gasteiger partial charge in [0.15, 0.2) is 0 Å². The molecule has 19 heavy (non-hydrogen) atoms. The zero-order valence-corrected chi connectivity index (χ0v) is 12.7. The molecule has 2 unspecified atom stereocenters. The minimum atomic E-state index is -0.308. The molecule has 1 heterocycles. The lowest BCUT2D eigenvalue weighted by Crippen LogP contribution is -2.31. The Morgan fingerprint density at radius 3 is 2.63 bits per heavy atom. The number of aryl methyl sites for hydroxylation is 2. The van der Waals surface area contributed by atoms with Crippen LogP contribution >= 0.6 is 0 Å². The molecule has 1 aromatic heterocycles. The molecular formula is C14H27N3O2. The summed E-state index contributed by atoms with van der Waals surface area (Å²) in [6.07, 6.45) is 1.55. The summed E-state index contributed by atoms with van der Waals surface area (Å²) in [5.74, 6) is 1.11. The Bertz CT molecular complexity index is 390. The fraction of sp³-hybridized carbons (Fsp3) is 0.786. The van der Waals surface area contributed by atoms with Crippen molar-refractivity contribution in [3.8, 4) is 5.88 Å². The zero-order valence-electron chi connectivity index (χ0n) is 12.7. The minimum absolute atomic E-state index is 0.308. The van der Waals surface area contributed by atoms with Gasteiger partial charge in [-0.3, -0.25) is 0 Å². The van der Waals surface area contributed by atoms with Gasteiger partial charge in [-0.25, -0.2) is 4.68 Å². The molecule has 2 atom stereocenters. The van der Waals surface area contributed by atoms with E-state index < -0.39 is 0 Å². The molecule has 0 aliphatic rings. The maximum atomic E-state index is 9.94. The van der Waals surface area contributed by atoms with Crippen molar-refractivity contribution in [1.82, 2.24) is 15.1 Å². The Hall–Kier alpha value is -1.07. The van der Waals surface area contributed by atoms with Crippen molar-refractivity contribution in [1.29, 1.82) is 0 Å². The smallest absolute Gasteiger partial charge is 0.216 e. The SMILES string of the molecule is CCc1nn(C)c(OC)c1CNCC(O)C(C)CC. The molecule has 110 valence electrons. The van der Waals surface area contributed by atoms with Gasteiger partial charge in [-0.15, -0.1) is 0 Å². The number of hydrogen-bond acceptors (Lipinski definition) is 4. The van der Waals surface area contributed by atoms with Gasteiger partial charge in [-0.05, 0) is 12.3 Å². The van der Waals surface area contributed by atoms with E-state index in [-0.39, 0.29) is 6.10 Å². The van der Waals surface area contributed by atoms with Gasteiger partial charge in [0.25, 0.3) is 0 Å². The first-order chi connectivity index (χ1) is 9.04. The highest BCUT2D eigenvalue weighted by atomic mass is 16.5. The van der Waals surface area contributed by atoms with Crippen LogP contribution < -0.4 is 10.1 Å². The van der Waals surface area contributed by atoms with Gasteiger partial charge < -0.3 is 15.2 Å². The molecule has 0 spiro atoms. The zero-order chi connectivity index (χ0) is 14.4. The number of methoxy groups -OCH3 is 1. The Labute approximate surface area is 116 Å². The second-order valence-electron chi connectivity index (χ2n) is 5.00. The number of aliphatic hydroxyl groups is 1. The molecule has 0 saturated heterocycles. The van der Waals surface area contributed by atoms with E-state index in [0.717, 1.165) is 30.0 Å². The van der Waals surface area contributed by atoms with Crippen LogP contribution in [-0.4, -0.2) is 34.6 Å². The van der Waals surface area contributed by atoms with Crippen LogP contribution in [0.15, 0.2) is 0 Å². The summed E-state index contributed by atoms with van der Waals surface area (Å²) in [7, 11) is 3.55. The number of nitrogens with one attached hydrogen (secondary N) is 1. The summed E-state index contributed by atoms with van der Waals surface area (Å²) in [5.41, 5.74) is 2.13. The normalized spacial score (nSPS) is 14.4. The van der Waals surface area contributed by atoms with Crippen LogP contribution in [0.25, 0.3) is 0 Å². The second kappa shape index (κ2) is 7.50. The lowest BCUT2D eigenvalue weighted by Gasteiger charge is -2.17. The van der Waals surface area contributed by atoms with E-state index in [1.807, 2.05) is 7.05 Å². The van der Waals surface area contributed by atoms with Crippen molar-refractivity contribution in [3.63, 3.8) is 0 Å². The van der Waals surface area contributed by atoms with Crippen molar-refractivity contribution in [3.05, 3.63) is 11.3 Å². The molecule has 0 aromatic carbocycles. The molecule has 0 amide bonds. The second-order valence-corrected chi connectivity index (χ2v) is 5.00. The monoisotopic (exact) mass is 269 g/mol. The van der Waals surface area contributed by atoms with Crippen molar-refractivity contribution in [2.75, 3.05) is 13.7 Å². The van der Waals surface area contributed by atoms with E-state index in [9.17, 15) is 5.11 Å². The third-order valence-electron chi connectivity index (χ3n) is 3.66.